The van der Waals surface area contributed by atoms with Crippen LogP contribution in [0.25, 0.3) is 32.5 Å². The number of nitrogens with zero attached hydrogens (tertiary/aromatic N) is 4. The highest BCUT2D eigenvalue weighted by Crippen LogP contribution is 2.41. The van der Waals surface area contributed by atoms with E-state index in [-0.39, 0.29) is 17.5 Å². The minimum Gasteiger partial charge on any atom is -0.389 e. The first-order valence-electron chi connectivity index (χ1n) is 12.2. The standard InChI is InChI=1S/C28H28FN5O2S/c1-28(2,36)16-34-14-20-10-18(7-8-24(20)32-34)26-22(17-5-6-19(13-30)23(29)11-17)12-25(37-26)27(35)33-9-3-4-21(31)15-33/h5-8,10-12,14,21,36H,3-4,9,15-16,31H2,1-2H3/t21-/m1/s1. The highest BCUT2D eigenvalue weighted by molar-refractivity contribution is 7.18. The molecule has 2 aromatic heterocycles. The Hall–Kier alpha value is -3.58. The SMILES string of the molecule is CC(C)(O)Cn1cc2cc(-c3sc(C(=O)N4CCC[C@@H](N)C4)cc3-c3ccc(C#N)c(F)c3)ccc2n1. The zero-order valence-electron chi connectivity index (χ0n) is 20.7. The van der Waals surface area contributed by atoms with E-state index in [0.717, 1.165) is 39.7 Å². The molecular weight excluding hydrogens is 489 g/mol. The second-order valence-electron chi connectivity index (χ2n) is 10.2. The minimum absolute atomic E-state index is 0.0280. The molecule has 3 N–H and O–H groups in total. The summed E-state index contributed by atoms with van der Waals surface area (Å²) >= 11 is 1.36. The maximum Gasteiger partial charge on any atom is 0.264 e. The van der Waals surface area contributed by atoms with Crippen LogP contribution in [0.1, 0.15) is 41.9 Å². The van der Waals surface area contributed by atoms with E-state index in [9.17, 15) is 14.3 Å². The lowest BCUT2D eigenvalue weighted by Crippen LogP contribution is -2.45. The average Bonchev–Trinajstić information content (AvgIpc) is 3.46. The number of hydrogen-bond donors (Lipinski definition) is 2. The molecule has 1 aliphatic heterocycles. The molecule has 1 fully saturated rings. The number of carbonyl (C=O) groups excluding carboxylic acids is 1. The number of amides is 1. The number of nitriles is 1. The summed E-state index contributed by atoms with van der Waals surface area (Å²) in [6, 6.07) is 14.0. The van der Waals surface area contributed by atoms with Gasteiger partial charge in [-0.25, -0.2) is 4.39 Å². The number of fused-ring (bicyclic) bond motifs is 1. The van der Waals surface area contributed by atoms with Gasteiger partial charge in [0.15, 0.2) is 0 Å². The predicted octanol–water partition coefficient (Wildman–Crippen LogP) is 4.78. The van der Waals surface area contributed by atoms with Crippen molar-refractivity contribution >= 4 is 28.1 Å². The number of nitrogens with two attached hydrogens (primary N) is 1. The van der Waals surface area contributed by atoms with E-state index in [1.165, 1.54) is 23.5 Å². The van der Waals surface area contributed by atoms with E-state index in [2.05, 4.69) is 5.10 Å². The van der Waals surface area contributed by atoms with Crippen LogP contribution < -0.4 is 5.73 Å². The molecule has 0 radical (unpaired) electrons. The number of carbonyl (C=O) groups is 1. The molecule has 1 atom stereocenters. The van der Waals surface area contributed by atoms with Crippen molar-refractivity contribution in [2.75, 3.05) is 13.1 Å². The molecule has 0 unspecified atom stereocenters. The molecule has 9 heteroatoms. The van der Waals surface area contributed by atoms with Crippen molar-refractivity contribution in [3.63, 3.8) is 0 Å². The summed E-state index contributed by atoms with van der Waals surface area (Å²) < 4.78 is 16.3. The van der Waals surface area contributed by atoms with Gasteiger partial charge in [-0.05, 0) is 68.1 Å². The van der Waals surface area contributed by atoms with Crippen LogP contribution >= 0.6 is 11.3 Å². The fraction of sp³-hybridized carbons (Fsp3) is 0.321. The zero-order chi connectivity index (χ0) is 26.3. The molecule has 0 saturated carbocycles. The Kier molecular flexibility index (Phi) is 6.58. The fourth-order valence-corrected chi connectivity index (χ4v) is 5.89. The summed E-state index contributed by atoms with van der Waals surface area (Å²) in [5.74, 6) is -0.684. The van der Waals surface area contributed by atoms with Gasteiger partial charge in [-0.1, -0.05) is 12.1 Å². The van der Waals surface area contributed by atoms with E-state index >= 15 is 0 Å². The van der Waals surface area contributed by atoms with Gasteiger partial charge in [0.25, 0.3) is 5.91 Å². The second kappa shape index (κ2) is 9.71. The van der Waals surface area contributed by atoms with Gasteiger partial charge < -0.3 is 15.7 Å². The van der Waals surface area contributed by atoms with Gasteiger partial charge in [0.05, 0.1) is 28.1 Å². The van der Waals surface area contributed by atoms with Crippen LogP contribution in [0.4, 0.5) is 4.39 Å². The first kappa shape index (κ1) is 25.1. The van der Waals surface area contributed by atoms with Crippen molar-refractivity contribution in [3.8, 4) is 27.6 Å². The molecule has 0 bridgehead atoms. The summed E-state index contributed by atoms with van der Waals surface area (Å²) in [5.41, 5.74) is 8.15. The molecule has 190 valence electrons. The topological polar surface area (TPSA) is 108 Å². The van der Waals surface area contributed by atoms with Crippen LogP contribution in [0.2, 0.25) is 0 Å². The summed E-state index contributed by atoms with van der Waals surface area (Å²) in [5, 5.41) is 24.8. The Balaban J connectivity index is 1.59. The first-order valence-corrected chi connectivity index (χ1v) is 13.0. The number of aliphatic hydroxyl groups is 1. The van der Waals surface area contributed by atoms with E-state index in [1.807, 2.05) is 36.5 Å². The number of hydrogen-bond acceptors (Lipinski definition) is 6. The van der Waals surface area contributed by atoms with Gasteiger partial charge in [-0.2, -0.15) is 10.4 Å². The third-order valence-corrected chi connectivity index (χ3v) is 7.62. The number of benzene rings is 2. The lowest BCUT2D eigenvalue weighted by atomic mass is 10.00. The number of thiophene rings is 1. The number of aromatic nitrogens is 2. The Morgan fingerprint density at radius 2 is 2.05 bits per heavy atom. The minimum atomic E-state index is -0.905. The maximum atomic E-state index is 14.6. The molecule has 1 aliphatic rings. The number of rotatable bonds is 5. The van der Waals surface area contributed by atoms with Gasteiger partial charge in [0, 0.05) is 41.2 Å². The summed E-state index contributed by atoms with van der Waals surface area (Å²) in [6.07, 6.45) is 3.65. The van der Waals surface area contributed by atoms with Crippen LogP contribution in [0.3, 0.4) is 0 Å². The molecule has 0 aliphatic carbocycles. The fourth-order valence-electron chi connectivity index (χ4n) is 4.74. The second-order valence-corrected chi connectivity index (χ2v) is 11.3. The lowest BCUT2D eigenvalue weighted by Gasteiger charge is -2.30. The smallest absolute Gasteiger partial charge is 0.264 e. The molecule has 7 nitrogen and oxygen atoms in total. The van der Waals surface area contributed by atoms with Gasteiger partial charge in [-0.15, -0.1) is 11.3 Å². The van der Waals surface area contributed by atoms with Crippen molar-refractivity contribution in [1.29, 1.82) is 5.26 Å². The Bertz CT molecular complexity index is 1530. The normalized spacial score (nSPS) is 16.2. The number of likely N-dealkylation sites (tertiary alicyclic amines) is 1. The van der Waals surface area contributed by atoms with Crippen LogP contribution in [-0.2, 0) is 6.54 Å². The highest BCUT2D eigenvalue weighted by atomic mass is 32.1. The van der Waals surface area contributed by atoms with Crippen molar-refractivity contribution in [2.24, 2.45) is 5.73 Å². The monoisotopic (exact) mass is 517 g/mol. The van der Waals surface area contributed by atoms with Crippen LogP contribution in [0.15, 0.2) is 48.7 Å². The lowest BCUT2D eigenvalue weighted by molar-refractivity contribution is 0.0579. The van der Waals surface area contributed by atoms with Crippen molar-refractivity contribution in [3.05, 3.63) is 64.9 Å². The van der Waals surface area contributed by atoms with Crippen LogP contribution in [0, 0.1) is 17.1 Å². The van der Waals surface area contributed by atoms with Gasteiger partial charge in [0.2, 0.25) is 0 Å². The van der Waals surface area contributed by atoms with Crippen molar-refractivity contribution < 1.29 is 14.3 Å². The average molecular weight is 518 g/mol. The third-order valence-electron chi connectivity index (χ3n) is 6.45. The van der Waals surface area contributed by atoms with E-state index in [0.29, 0.717) is 30.1 Å². The largest absolute Gasteiger partial charge is 0.389 e. The van der Waals surface area contributed by atoms with Gasteiger partial charge in [0.1, 0.15) is 11.9 Å². The van der Waals surface area contributed by atoms with E-state index in [4.69, 9.17) is 11.0 Å². The molecular formula is C28H28FN5O2S. The molecule has 5 rings (SSSR count). The first-order chi connectivity index (χ1) is 17.6. The van der Waals surface area contributed by atoms with Crippen LogP contribution in [0.5, 0.6) is 0 Å². The molecule has 0 spiro atoms. The van der Waals surface area contributed by atoms with Gasteiger partial charge in [-0.3, -0.25) is 9.48 Å². The van der Waals surface area contributed by atoms with Crippen molar-refractivity contribution in [2.45, 2.75) is 44.9 Å². The summed E-state index contributed by atoms with van der Waals surface area (Å²) in [6.45, 7) is 4.98. The van der Waals surface area contributed by atoms with Gasteiger partial charge >= 0.3 is 0 Å². The third kappa shape index (κ3) is 5.27. The summed E-state index contributed by atoms with van der Waals surface area (Å²) in [4.78, 5) is 16.6. The quantitative estimate of drug-likeness (QED) is 0.396. The predicted molar refractivity (Wildman–Crippen MR) is 143 cm³/mol. The Morgan fingerprint density at radius 1 is 1.27 bits per heavy atom. The molecule has 37 heavy (non-hydrogen) atoms. The number of piperidine rings is 1. The summed E-state index contributed by atoms with van der Waals surface area (Å²) in [7, 11) is 0. The molecule has 1 saturated heterocycles. The molecule has 1 amide bonds. The van der Waals surface area contributed by atoms with E-state index < -0.39 is 11.4 Å². The van der Waals surface area contributed by atoms with Crippen LogP contribution in [-0.4, -0.2) is 50.4 Å². The van der Waals surface area contributed by atoms with Crippen molar-refractivity contribution in [1.82, 2.24) is 14.7 Å². The van der Waals surface area contributed by atoms with E-state index in [1.54, 1.807) is 29.5 Å². The zero-order valence-corrected chi connectivity index (χ0v) is 21.6. The number of halogens is 1. The maximum absolute atomic E-state index is 14.6. The molecule has 3 heterocycles. The molecule has 2 aromatic carbocycles. The highest BCUT2D eigenvalue weighted by Gasteiger charge is 2.26. The Morgan fingerprint density at radius 3 is 2.76 bits per heavy atom. The molecule has 4 aromatic rings. The Labute approximate surface area is 218 Å².